The largest absolute Gasteiger partial charge is 0.397 e. The molecule has 0 saturated heterocycles. The number of carbonyl (C=O) groups excluding carboxylic acids is 1. The molecular formula is C5H10O8S. The van der Waals surface area contributed by atoms with Crippen LogP contribution >= 0.6 is 0 Å². The number of aliphatic hydroxyl groups is 3. The van der Waals surface area contributed by atoms with E-state index in [9.17, 15) is 13.2 Å². The molecule has 0 radical (unpaired) electrons. The number of aliphatic hydroxyl groups excluding tert-OH is 3. The van der Waals surface area contributed by atoms with Gasteiger partial charge >= 0.3 is 10.4 Å². The van der Waals surface area contributed by atoms with Gasteiger partial charge in [0.05, 0.1) is 6.61 Å². The monoisotopic (exact) mass is 230 g/mol. The third-order valence-corrected chi connectivity index (χ3v) is 1.65. The standard InChI is InChI=1S/C5H10O8S/c6-1-3(7)5(9)4(8)2-13-14(10,11)12/h3,5-7,9H,1-2H2,(H,10,11,12)/t3-,5-/m0/s1. The summed E-state index contributed by atoms with van der Waals surface area (Å²) in [5, 5.41) is 25.9. The van der Waals surface area contributed by atoms with Gasteiger partial charge in [0, 0.05) is 0 Å². The number of carbonyl (C=O) groups is 1. The Balaban J connectivity index is 4.10. The van der Waals surface area contributed by atoms with E-state index in [0.717, 1.165) is 0 Å². The summed E-state index contributed by atoms with van der Waals surface area (Å²) >= 11 is 0. The van der Waals surface area contributed by atoms with Crippen molar-refractivity contribution in [2.24, 2.45) is 0 Å². The second-order valence-corrected chi connectivity index (χ2v) is 3.44. The molecule has 0 aromatic rings. The molecule has 0 unspecified atom stereocenters. The van der Waals surface area contributed by atoms with E-state index in [-0.39, 0.29) is 0 Å². The predicted octanol–water partition coefficient (Wildman–Crippen LogP) is -2.91. The van der Waals surface area contributed by atoms with Crippen LogP contribution in [0.4, 0.5) is 0 Å². The number of Topliss-reactive ketones (excluding diaryl/α,β-unsaturated/α-hetero) is 1. The van der Waals surface area contributed by atoms with Gasteiger partial charge in [-0.15, -0.1) is 0 Å². The minimum Gasteiger partial charge on any atom is -0.394 e. The SMILES string of the molecule is O=C(COS(=O)(=O)O)[C@@H](O)[C@@H](O)CO. The van der Waals surface area contributed by atoms with E-state index < -0.39 is 41.6 Å². The summed E-state index contributed by atoms with van der Waals surface area (Å²) in [5.74, 6) is -1.18. The van der Waals surface area contributed by atoms with Crippen LogP contribution in [0.2, 0.25) is 0 Å². The molecule has 4 N–H and O–H groups in total. The van der Waals surface area contributed by atoms with Crippen molar-refractivity contribution in [3.8, 4) is 0 Å². The van der Waals surface area contributed by atoms with Gasteiger partial charge in [-0.25, -0.2) is 4.18 Å². The first kappa shape index (κ1) is 13.4. The Kier molecular flexibility index (Phi) is 5.12. The molecule has 2 atom stereocenters. The molecule has 0 bridgehead atoms. The van der Waals surface area contributed by atoms with Crippen molar-refractivity contribution < 1.29 is 37.3 Å². The van der Waals surface area contributed by atoms with Crippen molar-refractivity contribution in [2.75, 3.05) is 13.2 Å². The molecule has 0 aromatic heterocycles. The van der Waals surface area contributed by atoms with E-state index in [2.05, 4.69) is 4.18 Å². The Morgan fingerprint density at radius 3 is 2.21 bits per heavy atom. The minimum atomic E-state index is -4.76. The molecule has 0 rings (SSSR count). The smallest absolute Gasteiger partial charge is 0.394 e. The summed E-state index contributed by atoms with van der Waals surface area (Å²) in [4.78, 5) is 10.8. The van der Waals surface area contributed by atoms with E-state index in [1.165, 1.54) is 0 Å². The molecule has 84 valence electrons. The van der Waals surface area contributed by atoms with Crippen LogP contribution in [0.3, 0.4) is 0 Å². The Bertz CT molecular complexity index is 282. The van der Waals surface area contributed by atoms with Gasteiger partial charge in [0.2, 0.25) is 0 Å². The molecule has 0 aromatic carbocycles. The van der Waals surface area contributed by atoms with E-state index in [4.69, 9.17) is 19.9 Å². The lowest BCUT2D eigenvalue weighted by Gasteiger charge is -2.13. The van der Waals surface area contributed by atoms with Gasteiger partial charge in [-0.2, -0.15) is 8.42 Å². The van der Waals surface area contributed by atoms with Crippen LogP contribution in [-0.2, 0) is 19.4 Å². The summed E-state index contributed by atoms with van der Waals surface area (Å²) in [6.07, 6.45) is -3.67. The fourth-order valence-corrected chi connectivity index (χ4v) is 0.797. The molecule has 14 heavy (non-hydrogen) atoms. The molecular weight excluding hydrogens is 220 g/mol. The third kappa shape index (κ3) is 5.21. The Hall–Kier alpha value is -0.580. The van der Waals surface area contributed by atoms with Crippen LogP contribution in [0, 0.1) is 0 Å². The fourth-order valence-electron chi connectivity index (χ4n) is 0.532. The van der Waals surface area contributed by atoms with Gasteiger partial charge in [0.15, 0.2) is 5.78 Å². The second kappa shape index (κ2) is 5.34. The van der Waals surface area contributed by atoms with Crippen LogP contribution in [0.1, 0.15) is 0 Å². The van der Waals surface area contributed by atoms with Crippen LogP contribution in [0.5, 0.6) is 0 Å². The first-order chi connectivity index (χ1) is 6.28. The second-order valence-electron chi connectivity index (χ2n) is 2.35. The molecule has 0 saturated carbocycles. The Morgan fingerprint density at radius 2 is 1.86 bits per heavy atom. The van der Waals surface area contributed by atoms with E-state index >= 15 is 0 Å². The van der Waals surface area contributed by atoms with Crippen molar-refractivity contribution in [2.45, 2.75) is 12.2 Å². The first-order valence-corrected chi connectivity index (χ1v) is 4.76. The molecule has 9 heteroatoms. The molecule has 0 aliphatic heterocycles. The van der Waals surface area contributed by atoms with Crippen molar-refractivity contribution >= 4 is 16.2 Å². The Labute approximate surface area is 79.7 Å². The minimum absolute atomic E-state index is 0.862. The van der Waals surface area contributed by atoms with Gasteiger partial charge in [-0.05, 0) is 0 Å². The topological polar surface area (TPSA) is 141 Å². The number of rotatable bonds is 6. The lowest BCUT2D eigenvalue weighted by molar-refractivity contribution is -0.136. The zero-order chi connectivity index (χ0) is 11.4. The van der Waals surface area contributed by atoms with Crippen LogP contribution < -0.4 is 0 Å². The maximum atomic E-state index is 10.8. The van der Waals surface area contributed by atoms with E-state index in [1.807, 2.05) is 0 Å². The summed E-state index contributed by atoms with van der Waals surface area (Å²) < 4.78 is 31.7. The van der Waals surface area contributed by atoms with Crippen molar-refractivity contribution in [3.63, 3.8) is 0 Å². The highest BCUT2D eigenvalue weighted by Gasteiger charge is 2.24. The summed E-state index contributed by atoms with van der Waals surface area (Å²) in [6, 6.07) is 0. The zero-order valence-electron chi connectivity index (χ0n) is 6.90. The van der Waals surface area contributed by atoms with Gasteiger partial charge in [0.25, 0.3) is 0 Å². The summed E-state index contributed by atoms with van der Waals surface area (Å²) in [6.45, 7) is -1.98. The highest BCUT2D eigenvalue weighted by Crippen LogP contribution is 1.96. The molecule has 0 spiro atoms. The van der Waals surface area contributed by atoms with Crippen molar-refractivity contribution in [1.82, 2.24) is 0 Å². The number of hydrogen-bond donors (Lipinski definition) is 4. The quantitative estimate of drug-likeness (QED) is 0.356. The lowest BCUT2D eigenvalue weighted by atomic mass is 10.1. The van der Waals surface area contributed by atoms with Crippen molar-refractivity contribution in [3.05, 3.63) is 0 Å². The first-order valence-electron chi connectivity index (χ1n) is 3.39. The molecule has 0 amide bonds. The normalized spacial score (nSPS) is 16.3. The molecule has 0 aliphatic carbocycles. The lowest BCUT2D eigenvalue weighted by Crippen LogP contribution is -2.38. The highest BCUT2D eigenvalue weighted by atomic mass is 32.3. The third-order valence-electron chi connectivity index (χ3n) is 1.23. The molecule has 0 heterocycles. The van der Waals surface area contributed by atoms with Crippen LogP contribution in [0.15, 0.2) is 0 Å². The van der Waals surface area contributed by atoms with Gasteiger partial charge < -0.3 is 15.3 Å². The molecule has 0 fully saturated rings. The van der Waals surface area contributed by atoms with E-state index in [0.29, 0.717) is 0 Å². The molecule has 8 nitrogen and oxygen atoms in total. The number of hydrogen-bond acceptors (Lipinski definition) is 7. The highest BCUT2D eigenvalue weighted by molar-refractivity contribution is 7.80. The van der Waals surface area contributed by atoms with E-state index in [1.54, 1.807) is 0 Å². The fraction of sp³-hybridized carbons (Fsp3) is 0.800. The van der Waals surface area contributed by atoms with Gasteiger partial charge in [0.1, 0.15) is 18.8 Å². The van der Waals surface area contributed by atoms with Gasteiger partial charge in [-0.3, -0.25) is 9.35 Å². The Morgan fingerprint density at radius 1 is 1.36 bits per heavy atom. The summed E-state index contributed by atoms with van der Waals surface area (Å²) in [7, 11) is -4.76. The average molecular weight is 230 g/mol. The predicted molar refractivity (Wildman–Crippen MR) is 41.6 cm³/mol. The average Bonchev–Trinajstić information content (AvgIpc) is 2.10. The molecule has 0 aliphatic rings. The maximum Gasteiger partial charge on any atom is 0.397 e. The zero-order valence-corrected chi connectivity index (χ0v) is 7.72. The van der Waals surface area contributed by atoms with Gasteiger partial charge in [-0.1, -0.05) is 0 Å². The summed E-state index contributed by atoms with van der Waals surface area (Å²) in [5.41, 5.74) is 0. The number of ketones is 1. The van der Waals surface area contributed by atoms with Crippen LogP contribution in [0.25, 0.3) is 0 Å². The van der Waals surface area contributed by atoms with Crippen LogP contribution in [-0.4, -0.2) is 59.5 Å². The van der Waals surface area contributed by atoms with Crippen molar-refractivity contribution in [1.29, 1.82) is 0 Å². The maximum absolute atomic E-state index is 10.8.